The molecule has 0 saturated carbocycles. The number of rotatable bonds is 5. The van der Waals surface area contributed by atoms with Crippen LogP contribution >= 0.6 is 43.2 Å². The molecular weight excluding hydrogens is 444 g/mol. The highest BCUT2D eigenvalue weighted by Gasteiger charge is 2.19. The maximum absolute atomic E-state index is 10.6. The predicted molar refractivity (Wildman–Crippen MR) is 100 cm³/mol. The number of nitrogens with zero attached hydrogens (tertiary/aromatic N) is 4. The van der Waals surface area contributed by atoms with Crippen LogP contribution in [0, 0.1) is 0 Å². The number of fused-ring (bicyclic) bond motifs is 1. The Morgan fingerprint density at radius 3 is 2.83 bits per heavy atom. The molecule has 23 heavy (non-hydrogen) atoms. The van der Waals surface area contributed by atoms with E-state index < -0.39 is 0 Å². The van der Waals surface area contributed by atoms with Crippen molar-refractivity contribution >= 4 is 64.9 Å². The second kappa shape index (κ2) is 7.11. The average molecular weight is 458 g/mol. The van der Waals surface area contributed by atoms with Gasteiger partial charge < -0.3 is 9.67 Å². The standard InChI is InChI=1S/C15H14Br2N4OS/c1-2-3-5-21-13-10(7-9(16)8-11(13)17)12(14(21)22)19-20-15-18-4-6-23-15/h4,6-8,22H,2-3,5H2,1H3. The molecule has 0 unspecified atom stereocenters. The Morgan fingerprint density at radius 1 is 1.30 bits per heavy atom. The maximum atomic E-state index is 10.6. The van der Waals surface area contributed by atoms with Crippen LogP contribution in [0.3, 0.4) is 0 Å². The summed E-state index contributed by atoms with van der Waals surface area (Å²) in [6, 6.07) is 3.91. The summed E-state index contributed by atoms with van der Waals surface area (Å²) in [5.74, 6) is 0.132. The van der Waals surface area contributed by atoms with E-state index in [-0.39, 0.29) is 5.88 Å². The van der Waals surface area contributed by atoms with Gasteiger partial charge in [-0.3, -0.25) is 0 Å². The van der Waals surface area contributed by atoms with Gasteiger partial charge in [-0.1, -0.05) is 29.3 Å². The van der Waals surface area contributed by atoms with E-state index in [1.807, 2.05) is 22.1 Å². The molecule has 2 aromatic heterocycles. The van der Waals surface area contributed by atoms with E-state index in [1.165, 1.54) is 11.3 Å². The fraction of sp³-hybridized carbons (Fsp3) is 0.267. The summed E-state index contributed by atoms with van der Waals surface area (Å²) in [5.41, 5.74) is 1.39. The molecule has 0 atom stereocenters. The SMILES string of the molecule is CCCCn1c(O)c(N=Nc2nccs2)c2cc(Br)cc(Br)c21. The van der Waals surface area contributed by atoms with Crippen molar-refractivity contribution < 1.29 is 5.11 Å². The minimum atomic E-state index is 0.132. The third-order valence-electron chi connectivity index (χ3n) is 3.41. The first-order chi connectivity index (χ1) is 11.1. The van der Waals surface area contributed by atoms with Crippen LogP contribution in [0.4, 0.5) is 10.8 Å². The summed E-state index contributed by atoms with van der Waals surface area (Å²) >= 11 is 8.48. The summed E-state index contributed by atoms with van der Waals surface area (Å²) in [6.07, 6.45) is 3.70. The second-order valence-electron chi connectivity index (χ2n) is 4.98. The Morgan fingerprint density at radius 2 is 2.13 bits per heavy atom. The topological polar surface area (TPSA) is 62.8 Å². The molecule has 3 aromatic rings. The Kier molecular flexibility index (Phi) is 5.13. The quantitative estimate of drug-likeness (QED) is 0.441. The molecule has 3 rings (SSSR count). The number of aromatic hydroxyl groups is 1. The first kappa shape index (κ1) is 16.6. The molecule has 0 radical (unpaired) electrons. The second-order valence-corrected chi connectivity index (χ2v) is 7.62. The van der Waals surface area contributed by atoms with Gasteiger partial charge in [-0.15, -0.1) is 21.6 Å². The van der Waals surface area contributed by atoms with Crippen molar-refractivity contribution in [1.29, 1.82) is 0 Å². The molecule has 8 heteroatoms. The molecule has 0 aliphatic heterocycles. The molecule has 0 spiro atoms. The first-order valence-corrected chi connectivity index (χ1v) is 9.59. The summed E-state index contributed by atoms with van der Waals surface area (Å²) in [7, 11) is 0. The number of halogens is 2. The molecule has 1 N–H and O–H groups in total. The molecule has 1 aromatic carbocycles. The summed E-state index contributed by atoms with van der Waals surface area (Å²) in [6.45, 7) is 2.85. The van der Waals surface area contributed by atoms with Gasteiger partial charge in [0, 0.05) is 32.5 Å². The van der Waals surface area contributed by atoms with Gasteiger partial charge in [-0.05, 0) is 34.5 Å². The van der Waals surface area contributed by atoms with Gasteiger partial charge in [-0.25, -0.2) is 4.98 Å². The van der Waals surface area contributed by atoms with E-state index in [9.17, 15) is 5.11 Å². The van der Waals surface area contributed by atoms with Crippen molar-refractivity contribution in [2.24, 2.45) is 10.2 Å². The van der Waals surface area contributed by atoms with Crippen molar-refractivity contribution in [3.05, 3.63) is 32.7 Å². The third kappa shape index (κ3) is 3.34. The van der Waals surface area contributed by atoms with Crippen LogP contribution < -0.4 is 0 Å². The van der Waals surface area contributed by atoms with E-state index in [0.29, 0.717) is 10.8 Å². The van der Waals surface area contributed by atoms with Crippen LogP contribution in [0.2, 0.25) is 0 Å². The van der Waals surface area contributed by atoms with E-state index in [0.717, 1.165) is 39.2 Å². The first-order valence-electron chi connectivity index (χ1n) is 7.13. The smallest absolute Gasteiger partial charge is 0.229 e. The lowest BCUT2D eigenvalue weighted by Gasteiger charge is -2.07. The van der Waals surface area contributed by atoms with E-state index in [1.54, 1.807) is 6.20 Å². The van der Waals surface area contributed by atoms with Crippen LogP contribution in [0.15, 0.2) is 42.9 Å². The monoisotopic (exact) mass is 456 g/mol. The van der Waals surface area contributed by atoms with Gasteiger partial charge in [0.25, 0.3) is 0 Å². The predicted octanol–water partition coefficient (Wildman–Crippen LogP) is 6.54. The Bertz CT molecular complexity index is 858. The van der Waals surface area contributed by atoms with Gasteiger partial charge in [0.1, 0.15) is 0 Å². The molecule has 0 saturated heterocycles. The van der Waals surface area contributed by atoms with Gasteiger partial charge in [0.05, 0.1) is 5.52 Å². The fourth-order valence-electron chi connectivity index (χ4n) is 2.37. The lowest BCUT2D eigenvalue weighted by Crippen LogP contribution is -1.97. The van der Waals surface area contributed by atoms with Crippen molar-refractivity contribution in [3.63, 3.8) is 0 Å². The molecular formula is C15H14Br2N4OS. The fourth-order valence-corrected chi connectivity index (χ4v) is 4.26. The van der Waals surface area contributed by atoms with Crippen LogP contribution in [0.1, 0.15) is 19.8 Å². The number of aromatic nitrogens is 2. The van der Waals surface area contributed by atoms with Gasteiger partial charge in [-0.2, -0.15) is 0 Å². The highest BCUT2D eigenvalue weighted by molar-refractivity contribution is 9.11. The molecule has 0 aliphatic carbocycles. The molecule has 5 nitrogen and oxygen atoms in total. The third-order valence-corrected chi connectivity index (χ3v) is 5.13. The normalized spacial score (nSPS) is 11.8. The highest BCUT2D eigenvalue weighted by Crippen LogP contribution is 2.43. The zero-order chi connectivity index (χ0) is 16.4. The van der Waals surface area contributed by atoms with Gasteiger partial charge >= 0.3 is 0 Å². The minimum Gasteiger partial charge on any atom is -0.493 e. The molecule has 0 aliphatic rings. The lowest BCUT2D eigenvalue weighted by molar-refractivity contribution is 0.418. The van der Waals surface area contributed by atoms with Crippen molar-refractivity contribution in [3.8, 4) is 5.88 Å². The van der Waals surface area contributed by atoms with Crippen LogP contribution in [-0.4, -0.2) is 14.7 Å². The zero-order valence-electron chi connectivity index (χ0n) is 12.3. The molecule has 2 heterocycles. The number of hydrogen-bond donors (Lipinski definition) is 1. The van der Waals surface area contributed by atoms with E-state index in [2.05, 4.69) is 54.0 Å². The van der Waals surface area contributed by atoms with Gasteiger partial charge in [0.2, 0.25) is 11.0 Å². The Labute approximate surface area is 154 Å². The van der Waals surface area contributed by atoms with Crippen molar-refractivity contribution in [2.75, 3.05) is 0 Å². The van der Waals surface area contributed by atoms with Crippen LogP contribution in [0.25, 0.3) is 10.9 Å². The number of unbranched alkanes of at least 4 members (excludes halogenated alkanes) is 1. The van der Waals surface area contributed by atoms with E-state index in [4.69, 9.17) is 0 Å². The molecule has 0 bridgehead atoms. The number of benzene rings is 1. The number of azo groups is 1. The number of hydrogen-bond acceptors (Lipinski definition) is 5. The molecule has 0 fully saturated rings. The maximum Gasteiger partial charge on any atom is 0.229 e. The zero-order valence-corrected chi connectivity index (χ0v) is 16.3. The van der Waals surface area contributed by atoms with Crippen molar-refractivity contribution in [1.82, 2.24) is 9.55 Å². The molecule has 0 amide bonds. The summed E-state index contributed by atoms with van der Waals surface area (Å²) in [5, 5.41) is 22.3. The van der Waals surface area contributed by atoms with Gasteiger partial charge in [0.15, 0.2) is 5.69 Å². The summed E-state index contributed by atoms with van der Waals surface area (Å²) < 4.78 is 3.70. The largest absolute Gasteiger partial charge is 0.493 e. The minimum absolute atomic E-state index is 0.132. The Balaban J connectivity index is 2.17. The van der Waals surface area contributed by atoms with Crippen molar-refractivity contribution in [2.45, 2.75) is 26.3 Å². The molecule has 120 valence electrons. The number of aryl methyl sites for hydroxylation is 1. The summed E-state index contributed by atoms with van der Waals surface area (Å²) in [4.78, 5) is 4.08. The number of thiazole rings is 1. The average Bonchev–Trinajstić information content (AvgIpc) is 3.10. The lowest BCUT2D eigenvalue weighted by atomic mass is 10.2. The highest BCUT2D eigenvalue weighted by atomic mass is 79.9. The van der Waals surface area contributed by atoms with E-state index >= 15 is 0 Å². The van der Waals surface area contributed by atoms with Crippen LogP contribution in [-0.2, 0) is 6.54 Å². The Hall–Kier alpha value is -1.25. The van der Waals surface area contributed by atoms with Crippen LogP contribution in [0.5, 0.6) is 5.88 Å².